The first-order chi connectivity index (χ1) is 14.2. The van der Waals surface area contributed by atoms with Gasteiger partial charge in [-0.25, -0.2) is 4.79 Å². The molecule has 0 saturated heterocycles. The zero-order valence-corrected chi connectivity index (χ0v) is 15.6. The molecule has 2 aromatic rings. The summed E-state index contributed by atoms with van der Waals surface area (Å²) in [6, 6.07) is 6.97. The van der Waals surface area contributed by atoms with Crippen LogP contribution in [0.2, 0.25) is 0 Å². The van der Waals surface area contributed by atoms with Crippen LogP contribution in [0.1, 0.15) is 21.7 Å². The van der Waals surface area contributed by atoms with Gasteiger partial charge in [0.05, 0.1) is 18.4 Å². The highest BCUT2D eigenvalue weighted by atomic mass is 19.4. The van der Waals surface area contributed by atoms with E-state index in [1.165, 1.54) is 6.20 Å². The SMILES string of the molecule is COC(=O)c1cn(-c2n[nH]c(C(F)(F)F)n2)cc2c(=O)n(-c3cccc(C)c3)nc1-2. The van der Waals surface area contributed by atoms with Gasteiger partial charge in [0.15, 0.2) is 0 Å². The number of hydrogen-bond donors (Lipinski definition) is 1. The molecule has 0 fully saturated rings. The van der Waals surface area contributed by atoms with Gasteiger partial charge in [0.1, 0.15) is 11.3 Å². The van der Waals surface area contributed by atoms with Crippen molar-refractivity contribution in [1.29, 1.82) is 0 Å². The molecule has 0 saturated carbocycles. The predicted octanol–water partition coefficient (Wildman–Crippen LogP) is 2.36. The first-order valence-electron chi connectivity index (χ1n) is 8.49. The lowest BCUT2D eigenvalue weighted by Gasteiger charge is -2.08. The van der Waals surface area contributed by atoms with Gasteiger partial charge in [0, 0.05) is 12.4 Å². The lowest BCUT2D eigenvalue weighted by molar-refractivity contribution is -0.144. The normalized spacial score (nSPS) is 11.8. The first-order valence-corrected chi connectivity index (χ1v) is 8.49. The number of carbonyl (C=O) groups excluding carboxylic acids is 1. The number of pyridine rings is 1. The summed E-state index contributed by atoms with van der Waals surface area (Å²) in [5.74, 6) is -2.55. The summed E-state index contributed by atoms with van der Waals surface area (Å²) >= 11 is 0. The third-order valence-electron chi connectivity index (χ3n) is 4.29. The van der Waals surface area contributed by atoms with Crippen molar-refractivity contribution in [2.75, 3.05) is 7.11 Å². The van der Waals surface area contributed by atoms with Crippen LogP contribution < -0.4 is 5.56 Å². The largest absolute Gasteiger partial charge is 0.465 e. The molecule has 2 aliphatic heterocycles. The van der Waals surface area contributed by atoms with E-state index in [1.807, 2.05) is 13.0 Å². The number of hydrogen-bond acceptors (Lipinski definition) is 6. The molecule has 1 N–H and O–H groups in total. The zero-order chi connectivity index (χ0) is 21.6. The summed E-state index contributed by atoms with van der Waals surface area (Å²) in [7, 11) is 1.13. The molecule has 0 radical (unpaired) electrons. The molecule has 0 aliphatic carbocycles. The van der Waals surface area contributed by atoms with Gasteiger partial charge in [0.2, 0.25) is 5.82 Å². The zero-order valence-electron chi connectivity index (χ0n) is 15.6. The van der Waals surface area contributed by atoms with Crippen molar-refractivity contribution in [3.8, 4) is 22.9 Å². The van der Waals surface area contributed by atoms with Crippen LogP contribution in [0.15, 0.2) is 41.5 Å². The maximum Gasteiger partial charge on any atom is 0.451 e. The molecule has 9 nitrogen and oxygen atoms in total. The highest BCUT2D eigenvalue weighted by Gasteiger charge is 2.35. The number of fused-ring (bicyclic) bond motifs is 1. The smallest absolute Gasteiger partial charge is 0.451 e. The minimum atomic E-state index is -4.74. The van der Waals surface area contributed by atoms with Crippen LogP contribution in [0.4, 0.5) is 13.2 Å². The Morgan fingerprint density at radius 2 is 2.00 bits per heavy atom. The van der Waals surface area contributed by atoms with Crippen LogP contribution in [-0.4, -0.2) is 42.6 Å². The second-order valence-corrected chi connectivity index (χ2v) is 6.37. The monoisotopic (exact) mass is 418 g/mol. The van der Waals surface area contributed by atoms with E-state index in [0.29, 0.717) is 5.69 Å². The summed E-state index contributed by atoms with van der Waals surface area (Å²) in [6.07, 6.45) is -2.36. The van der Waals surface area contributed by atoms with E-state index in [1.54, 1.807) is 23.3 Å². The minimum absolute atomic E-state index is 0.0160. The minimum Gasteiger partial charge on any atom is -0.465 e. The Hall–Kier alpha value is -3.96. The van der Waals surface area contributed by atoms with Crippen LogP contribution in [0.25, 0.3) is 22.9 Å². The van der Waals surface area contributed by atoms with Crippen molar-refractivity contribution in [3.05, 3.63) is 64.0 Å². The van der Waals surface area contributed by atoms with Gasteiger partial charge in [-0.1, -0.05) is 12.1 Å². The van der Waals surface area contributed by atoms with E-state index < -0.39 is 29.5 Å². The fraction of sp³-hybridized carbons (Fsp3) is 0.167. The van der Waals surface area contributed by atoms with Crippen LogP contribution in [0.5, 0.6) is 0 Å². The van der Waals surface area contributed by atoms with Crippen molar-refractivity contribution >= 4 is 5.97 Å². The fourth-order valence-electron chi connectivity index (χ4n) is 2.91. The molecule has 12 heteroatoms. The molecule has 3 heterocycles. The molecular weight excluding hydrogens is 405 g/mol. The van der Waals surface area contributed by atoms with Crippen molar-refractivity contribution in [1.82, 2.24) is 29.5 Å². The number of methoxy groups -OCH3 is 1. The molecule has 0 spiro atoms. The number of ether oxygens (including phenoxy) is 1. The fourth-order valence-corrected chi connectivity index (χ4v) is 2.91. The van der Waals surface area contributed by atoms with Crippen LogP contribution >= 0.6 is 0 Å². The van der Waals surface area contributed by atoms with Crippen molar-refractivity contribution in [3.63, 3.8) is 0 Å². The van der Waals surface area contributed by atoms with Gasteiger partial charge < -0.3 is 4.74 Å². The van der Waals surface area contributed by atoms with E-state index in [9.17, 15) is 22.8 Å². The standard InChI is InChI=1S/C18H13F3N6O3/c1-9-4-3-5-10(6-9)27-14(28)11-7-26(8-12(13(11)25-27)15(29)30-2)17-22-16(23-24-17)18(19,20)21/h3-8H,1-2H3,(H,22,23,24). The van der Waals surface area contributed by atoms with Crippen LogP contribution in [0.3, 0.4) is 0 Å². The van der Waals surface area contributed by atoms with E-state index in [-0.39, 0.29) is 16.8 Å². The molecule has 1 aromatic heterocycles. The van der Waals surface area contributed by atoms with E-state index in [0.717, 1.165) is 28.1 Å². The van der Waals surface area contributed by atoms with Gasteiger partial charge in [-0.2, -0.15) is 27.9 Å². The number of carbonyl (C=O) groups is 1. The van der Waals surface area contributed by atoms with E-state index >= 15 is 0 Å². The number of aromatic amines is 1. The molecule has 0 amide bonds. The molecule has 0 unspecified atom stereocenters. The molecule has 30 heavy (non-hydrogen) atoms. The second-order valence-electron chi connectivity index (χ2n) is 6.37. The Morgan fingerprint density at radius 1 is 1.23 bits per heavy atom. The average molecular weight is 418 g/mol. The number of alkyl halides is 3. The number of aromatic nitrogens is 6. The van der Waals surface area contributed by atoms with Gasteiger partial charge in [-0.15, -0.1) is 5.10 Å². The Kier molecular flexibility index (Phi) is 4.41. The molecule has 0 atom stereocenters. The van der Waals surface area contributed by atoms with Crippen molar-refractivity contribution < 1.29 is 22.7 Å². The number of rotatable bonds is 3. The van der Waals surface area contributed by atoms with Crippen molar-refractivity contribution in [2.24, 2.45) is 0 Å². The summed E-state index contributed by atoms with van der Waals surface area (Å²) in [5, 5.41) is 9.54. The highest BCUT2D eigenvalue weighted by Crippen LogP contribution is 2.27. The number of H-pyrrole nitrogens is 1. The number of nitrogens with one attached hydrogen (secondary N) is 1. The third-order valence-corrected chi connectivity index (χ3v) is 4.29. The van der Waals surface area contributed by atoms with Crippen molar-refractivity contribution in [2.45, 2.75) is 13.1 Å². The summed E-state index contributed by atoms with van der Waals surface area (Å²) in [4.78, 5) is 28.6. The first kappa shape index (κ1) is 19.4. The highest BCUT2D eigenvalue weighted by molar-refractivity contribution is 5.96. The molecule has 1 aromatic carbocycles. The molecule has 154 valence electrons. The molecular formula is C18H13F3N6O3. The molecule has 4 rings (SSSR count). The van der Waals surface area contributed by atoms with E-state index in [2.05, 4.69) is 15.2 Å². The summed E-state index contributed by atoms with van der Waals surface area (Å²) < 4.78 is 45.4. The van der Waals surface area contributed by atoms with Gasteiger partial charge in [-0.05, 0) is 24.6 Å². The molecule has 0 bridgehead atoms. The second kappa shape index (κ2) is 6.83. The third kappa shape index (κ3) is 3.21. The lowest BCUT2D eigenvalue weighted by atomic mass is 10.1. The Bertz CT molecular complexity index is 1290. The number of aryl methyl sites for hydroxylation is 1. The predicted molar refractivity (Wildman–Crippen MR) is 96.8 cm³/mol. The maximum absolute atomic E-state index is 13.0. The van der Waals surface area contributed by atoms with Crippen LogP contribution in [-0.2, 0) is 10.9 Å². The van der Waals surface area contributed by atoms with Gasteiger partial charge >= 0.3 is 12.1 Å². The lowest BCUT2D eigenvalue weighted by Crippen LogP contribution is -2.15. The topological polar surface area (TPSA) is 108 Å². The number of benzene rings is 1. The van der Waals surface area contributed by atoms with Gasteiger partial charge in [-0.3, -0.25) is 14.5 Å². The Labute approximate surface area is 166 Å². The summed E-state index contributed by atoms with van der Waals surface area (Å²) in [6.45, 7) is 1.84. The number of esters is 1. The number of halogens is 3. The Balaban J connectivity index is 1.95. The van der Waals surface area contributed by atoms with Gasteiger partial charge in [0.25, 0.3) is 11.5 Å². The average Bonchev–Trinajstić information content (AvgIpc) is 3.32. The summed E-state index contributed by atoms with van der Waals surface area (Å²) in [5.41, 5.74) is 0.679. The van der Waals surface area contributed by atoms with Crippen LogP contribution in [0, 0.1) is 6.92 Å². The Morgan fingerprint density at radius 3 is 2.63 bits per heavy atom. The number of nitrogens with zero attached hydrogens (tertiary/aromatic N) is 5. The quantitative estimate of drug-likeness (QED) is 0.512. The molecule has 2 aliphatic rings. The maximum atomic E-state index is 13.0. The van der Waals surface area contributed by atoms with E-state index in [4.69, 9.17) is 4.74 Å².